The van der Waals surface area contributed by atoms with Crippen LogP contribution in [-0.2, 0) is 24.0 Å². The van der Waals surface area contributed by atoms with Gasteiger partial charge in [-0.1, -0.05) is 16.8 Å². The Morgan fingerprint density at radius 2 is 1.92 bits per heavy atom. The van der Waals surface area contributed by atoms with Gasteiger partial charge in [0.1, 0.15) is 23.7 Å². The van der Waals surface area contributed by atoms with Crippen molar-refractivity contribution in [2.75, 3.05) is 44.2 Å². The molecule has 0 radical (unpaired) electrons. The van der Waals surface area contributed by atoms with Crippen LogP contribution in [0, 0.1) is 5.41 Å². The molecular formula is C31H34ClN7O10S2. The van der Waals surface area contributed by atoms with Crippen LogP contribution in [-0.4, -0.2) is 121 Å². The van der Waals surface area contributed by atoms with Crippen LogP contribution < -0.4 is 21.5 Å². The maximum absolute atomic E-state index is 13.4. The summed E-state index contributed by atoms with van der Waals surface area (Å²) in [4.78, 5) is 73.4. The number of carboxylic acids is 2. The topological polar surface area (TPSA) is 257 Å². The third-order valence-corrected chi connectivity index (χ3v) is 12.4. The maximum atomic E-state index is 13.4. The zero-order valence-corrected chi connectivity index (χ0v) is 29.5. The Hall–Kier alpha value is -4.59. The predicted molar refractivity (Wildman–Crippen MR) is 181 cm³/mol. The second kappa shape index (κ2) is 13.9. The van der Waals surface area contributed by atoms with E-state index in [0.29, 0.717) is 23.1 Å². The summed E-state index contributed by atoms with van der Waals surface area (Å²) < 4.78 is 0.623. The third-order valence-electron chi connectivity index (χ3n) is 10.00. The van der Waals surface area contributed by atoms with Gasteiger partial charge < -0.3 is 50.9 Å². The molecule has 3 amide bonds. The molecule has 17 nitrogen and oxygen atoms in total. The Bertz CT molecular complexity index is 1860. The summed E-state index contributed by atoms with van der Waals surface area (Å²) in [5.74, 6) is -5.51. The number of phenols is 2. The van der Waals surface area contributed by atoms with Crippen LogP contribution in [0.25, 0.3) is 0 Å². The van der Waals surface area contributed by atoms with Crippen LogP contribution >= 0.6 is 34.7 Å². The summed E-state index contributed by atoms with van der Waals surface area (Å²) in [6.07, 6.45) is 0.923. The lowest BCUT2D eigenvalue weighted by atomic mass is 9.70. The molecule has 4 saturated heterocycles. The van der Waals surface area contributed by atoms with Gasteiger partial charge >= 0.3 is 5.97 Å². The highest BCUT2D eigenvalue weighted by Crippen LogP contribution is 2.46. The van der Waals surface area contributed by atoms with E-state index in [0.717, 1.165) is 55.1 Å². The molecule has 5 aliphatic rings. The first-order chi connectivity index (χ1) is 24.1. The van der Waals surface area contributed by atoms with E-state index in [2.05, 4.69) is 20.8 Å². The number of nitrogens with two attached hydrogens (primary N) is 1. The van der Waals surface area contributed by atoms with E-state index in [9.17, 15) is 39.3 Å². The number of anilines is 1. The largest absolute Gasteiger partial charge is 0.543 e. The summed E-state index contributed by atoms with van der Waals surface area (Å²) >= 11 is 8.39. The number of aromatic hydroxyl groups is 2. The standard InChI is InChI=1S/C31H34ClN7O10S2/c1-14(28(45)46)49-37-20(17-12-51-30(33)35-17)25(43)36-21-26(44)38-22(29(47)48)15(11-50-27(21)38)10-39-7-4-31(5-8-39,6-9-39)13-34-24(42)16-2-3-18(40)23(41)19(16)32/h2-3,12,14,21,27H,4-11,13H2,1H3,(H7-,33,34,35,36,37,40,41,42,43,45,46,47,48)/t14-,21+,27+,31?,39?/m0/s1. The molecule has 0 unspecified atom stereocenters. The molecule has 4 fully saturated rings. The van der Waals surface area contributed by atoms with Crippen molar-refractivity contribution in [3.8, 4) is 11.5 Å². The van der Waals surface area contributed by atoms with Crippen molar-refractivity contribution in [1.29, 1.82) is 0 Å². The van der Waals surface area contributed by atoms with Gasteiger partial charge in [0.05, 0.1) is 41.9 Å². The average Bonchev–Trinajstić information content (AvgIpc) is 3.54. The highest BCUT2D eigenvalue weighted by atomic mass is 35.5. The second-order valence-corrected chi connectivity index (χ2v) is 15.5. The molecule has 20 heteroatoms. The summed E-state index contributed by atoms with van der Waals surface area (Å²) in [7, 11) is 0. The van der Waals surface area contributed by atoms with Gasteiger partial charge in [0.2, 0.25) is 6.10 Å². The Balaban J connectivity index is 1.10. The van der Waals surface area contributed by atoms with E-state index in [1.807, 2.05) is 0 Å². The zero-order valence-electron chi connectivity index (χ0n) is 27.1. The van der Waals surface area contributed by atoms with Gasteiger partial charge in [0.25, 0.3) is 17.7 Å². The number of halogens is 1. The predicted octanol–water partition coefficient (Wildman–Crippen LogP) is -0.182. The smallest absolute Gasteiger partial charge is 0.347 e. The highest BCUT2D eigenvalue weighted by Gasteiger charge is 2.55. The number of nitrogens with one attached hydrogen (secondary N) is 2. The molecule has 1 aromatic heterocycles. The second-order valence-electron chi connectivity index (χ2n) is 13.1. The molecule has 2 bridgehead atoms. The molecule has 5 aliphatic heterocycles. The van der Waals surface area contributed by atoms with Gasteiger partial charge in [0.15, 0.2) is 22.3 Å². The molecular weight excluding hydrogens is 730 g/mol. The third kappa shape index (κ3) is 6.89. The number of thiazole rings is 1. The number of aromatic nitrogens is 1. The zero-order chi connectivity index (χ0) is 36.8. The minimum absolute atomic E-state index is 0.00976. The number of nitrogens with zero attached hydrogens (tertiary/aromatic N) is 4. The molecule has 6 heterocycles. The van der Waals surface area contributed by atoms with Crippen LogP contribution in [0.1, 0.15) is 42.2 Å². The van der Waals surface area contributed by atoms with Gasteiger partial charge in [0, 0.05) is 47.9 Å². The van der Waals surface area contributed by atoms with E-state index < -0.39 is 64.4 Å². The molecule has 2 aromatic rings. The van der Waals surface area contributed by atoms with Crippen LogP contribution in [0.4, 0.5) is 5.13 Å². The number of carbonyl (C=O) groups is 5. The lowest BCUT2D eigenvalue weighted by Crippen LogP contribution is -2.72. The van der Waals surface area contributed by atoms with Gasteiger partial charge in [-0.2, -0.15) is 0 Å². The van der Waals surface area contributed by atoms with Crippen LogP contribution in [0.2, 0.25) is 5.02 Å². The first-order valence-corrected chi connectivity index (χ1v) is 18.2. The molecule has 272 valence electrons. The van der Waals surface area contributed by atoms with Gasteiger partial charge in [-0.25, -0.2) is 9.78 Å². The number of fused-ring (bicyclic) bond motifs is 4. The minimum atomic E-state index is -1.49. The number of thioether (sulfide) groups is 1. The monoisotopic (exact) mass is 763 g/mol. The summed E-state index contributed by atoms with van der Waals surface area (Å²) in [5, 5.41) is 50.9. The first kappa shape index (κ1) is 36.2. The van der Waals surface area contributed by atoms with E-state index in [-0.39, 0.29) is 38.3 Å². The number of nitrogen functional groups attached to an aromatic ring is 1. The fraction of sp³-hybridized carbons (Fsp3) is 0.452. The van der Waals surface area contributed by atoms with E-state index >= 15 is 0 Å². The number of β-lactam (4-membered cyclic amide) rings is 1. The van der Waals surface area contributed by atoms with E-state index in [1.54, 1.807) is 0 Å². The molecule has 51 heavy (non-hydrogen) atoms. The quantitative estimate of drug-likeness (QED) is 0.0540. The number of hydrogen-bond donors (Lipinski definition) is 6. The Morgan fingerprint density at radius 3 is 2.53 bits per heavy atom. The number of carbonyl (C=O) groups excluding carboxylic acids is 4. The van der Waals surface area contributed by atoms with Crippen molar-refractivity contribution in [1.82, 2.24) is 20.5 Å². The SMILES string of the molecule is C[C@H](O/N=C(\C(=O)N[C@@H]1C(=O)N2C(C(=O)[O-])=C(C[N+]34CCC(CNC(=O)c5ccc(O)c(O)c5Cl)(CC3)CC4)CS[C@H]12)c1csc(N)n1)C(=O)O. The average molecular weight is 764 g/mol. The number of amides is 3. The fourth-order valence-corrected chi connectivity index (χ4v) is 9.04. The van der Waals surface area contributed by atoms with E-state index in [4.69, 9.17) is 27.3 Å². The summed E-state index contributed by atoms with van der Waals surface area (Å²) in [6, 6.07) is 1.43. The Morgan fingerprint density at radius 1 is 1.24 bits per heavy atom. The number of aliphatic carboxylic acids is 2. The normalized spacial score (nSPS) is 26.2. The Kier molecular flexibility index (Phi) is 9.83. The molecule has 7 N–H and O–H groups in total. The minimum Gasteiger partial charge on any atom is -0.543 e. The van der Waals surface area contributed by atoms with Crippen molar-refractivity contribution in [3.63, 3.8) is 0 Å². The van der Waals surface area contributed by atoms with Crippen molar-refractivity contribution < 1.29 is 53.7 Å². The Labute approximate surface area is 303 Å². The van der Waals surface area contributed by atoms with Crippen molar-refractivity contribution >= 4 is 75.2 Å². The highest BCUT2D eigenvalue weighted by molar-refractivity contribution is 8.00. The van der Waals surface area contributed by atoms with Gasteiger partial charge in [-0.3, -0.25) is 19.3 Å². The van der Waals surface area contributed by atoms with Crippen LogP contribution in [0.3, 0.4) is 0 Å². The lowest BCUT2D eigenvalue weighted by Gasteiger charge is -2.56. The van der Waals surface area contributed by atoms with Gasteiger partial charge in [-0.05, 0) is 19.1 Å². The number of carboxylic acid groups (broad SMARTS) is 2. The number of hydrogen-bond acceptors (Lipinski definition) is 14. The summed E-state index contributed by atoms with van der Waals surface area (Å²) in [5.41, 5.74) is 5.56. The van der Waals surface area contributed by atoms with Crippen molar-refractivity contribution in [3.05, 3.63) is 45.1 Å². The number of piperidine rings is 3. The molecule has 0 aliphatic carbocycles. The van der Waals surface area contributed by atoms with E-state index in [1.165, 1.54) is 36.2 Å². The maximum Gasteiger partial charge on any atom is 0.347 e. The number of phenolic OH excluding ortho intramolecular Hbond substituents is 2. The fourth-order valence-electron chi connectivity index (χ4n) is 6.91. The summed E-state index contributed by atoms with van der Waals surface area (Å²) in [6.45, 7) is 4.19. The number of quaternary nitrogens is 1. The van der Waals surface area contributed by atoms with Crippen LogP contribution in [0.5, 0.6) is 11.5 Å². The lowest BCUT2D eigenvalue weighted by molar-refractivity contribution is -0.941. The van der Waals surface area contributed by atoms with Gasteiger partial charge in [-0.15, -0.1) is 23.1 Å². The van der Waals surface area contributed by atoms with Crippen molar-refractivity contribution in [2.45, 2.75) is 43.7 Å². The van der Waals surface area contributed by atoms with Crippen LogP contribution in [0.15, 0.2) is 33.9 Å². The molecule has 0 saturated carbocycles. The molecule has 0 spiro atoms. The number of oxime groups is 1. The first-order valence-electron chi connectivity index (χ1n) is 15.8. The van der Waals surface area contributed by atoms with Crippen molar-refractivity contribution in [2.24, 2.45) is 10.6 Å². The molecule has 7 rings (SSSR count). The molecule has 1 aromatic carbocycles. The number of benzene rings is 1. The number of rotatable bonds is 12. The molecule has 3 atom stereocenters.